The molecule has 1 aromatic rings. The van der Waals surface area contributed by atoms with Gasteiger partial charge in [0.05, 0.1) is 18.0 Å². The van der Waals surface area contributed by atoms with Crippen LogP contribution in [0, 0.1) is 24.7 Å². The number of anilines is 1. The van der Waals surface area contributed by atoms with Gasteiger partial charge in [-0.1, -0.05) is 24.8 Å². The number of sulfonamides is 1. The average Bonchev–Trinajstić information content (AvgIpc) is 2.65. The Morgan fingerprint density at radius 3 is 2.80 bits per heavy atom. The predicted molar refractivity (Wildman–Crippen MR) is 80.1 cm³/mol. The van der Waals surface area contributed by atoms with Crippen molar-refractivity contribution < 1.29 is 13.5 Å². The van der Waals surface area contributed by atoms with Crippen LogP contribution in [0.15, 0.2) is 18.2 Å². The molecule has 1 unspecified atom stereocenters. The van der Waals surface area contributed by atoms with Gasteiger partial charge in [-0.25, -0.2) is 8.42 Å². The molecule has 0 bridgehead atoms. The molecule has 0 saturated carbocycles. The monoisotopic (exact) mass is 293 g/mol. The summed E-state index contributed by atoms with van der Waals surface area (Å²) < 4.78 is 25.8. The lowest BCUT2D eigenvalue weighted by atomic mass is 10.1. The standard InChI is InChI=1S/C15H19NO3S/c1-12-10-16(20(18,19)11-12)15-9-14(5-3-4-8-17)7-6-13(15)2/h6-7,9,12,17H,4,8,10-11H2,1-2H3. The van der Waals surface area contributed by atoms with E-state index in [0.29, 0.717) is 18.7 Å². The molecule has 20 heavy (non-hydrogen) atoms. The first kappa shape index (κ1) is 14.9. The lowest BCUT2D eigenvalue weighted by Crippen LogP contribution is -2.26. The van der Waals surface area contributed by atoms with Crippen LogP contribution in [-0.2, 0) is 10.0 Å². The highest BCUT2D eigenvalue weighted by molar-refractivity contribution is 7.93. The Morgan fingerprint density at radius 1 is 1.45 bits per heavy atom. The lowest BCUT2D eigenvalue weighted by Gasteiger charge is -2.19. The molecule has 0 aromatic heterocycles. The van der Waals surface area contributed by atoms with Crippen LogP contribution in [0.1, 0.15) is 24.5 Å². The summed E-state index contributed by atoms with van der Waals surface area (Å²) in [5.41, 5.74) is 2.41. The Hall–Kier alpha value is -1.51. The lowest BCUT2D eigenvalue weighted by molar-refractivity contribution is 0.305. The smallest absolute Gasteiger partial charge is 0.235 e. The molecule has 0 radical (unpaired) electrons. The maximum atomic E-state index is 12.2. The number of rotatable bonds is 2. The molecule has 0 amide bonds. The maximum absolute atomic E-state index is 12.2. The summed E-state index contributed by atoms with van der Waals surface area (Å²) in [6.07, 6.45) is 0.419. The van der Waals surface area contributed by atoms with Crippen molar-refractivity contribution in [1.82, 2.24) is 0 Å². The fraction of sp³-hybridized carbons (Fsp3) is 0.467. The van der Waals surface area contributed by atoms with Crippen LogP contribution < -0.4 is 4.31 Å². The van der Waals surface area contributed by atoms with Crippen molar-refractivity contribution in [1.29, 1.82) is 0 Å². The molecule has 1 saturated heterocycles. The summed E-state index contributed by atoms with van der Waals surface area (Å²) in [6, 6.07) is 5.57. The summed E-state index contributed by atoms with van der Waals surface area (Å²) >= 11 is 0. The van der Waals surface area contributed by atoms with Crippen molar-refractivity contribution in [3.05, 3.63) is 29.3 Å². The average molecular weight is 293 g/mol. The molecule has 4 nitrogen and oxygen atoms in total. The van der Waals surface area contributed by atoms with E-state index < -0.39 is 10.0 Å². The Balaban J connectivity index is 2.37. The van der Waals surface area contributed by atoms with E-state index in [9.17, 15) is 8.42 Å². The molecule has 1 heterocycles. The molecule has 0 spiro atoms. The fourth-order valence-corrected chi connectivity index (χ4v) is 4.31. The molecule has 1 aliphatic rings. The summed E-state index contributed by atoms with van der Waals surface area (Å²) in [5.74, 6) is 6.14. The molecule has 0 aliphatic carbocycles. The molecule has 108 valence electrons. The second-order valence-electron chi connectivity index (χ2n) is 5.19. The number of benzene rings is 1. The topological polar surface area (TPSA) is 57.6 Å². The largest absolute Gasteiger partial charge is 0.395 e. The van der Waals surface area contributed by atoms with Gasteiger partial charge in [0.25, 0.3) is 0 Å². The molecular weight excluding hydrogens is 274 g/mol. The Labute approximate surface area is 120 Å². The quantitative estimate of drug-likeness (QED) is 0.841. The molecule has 1 aromatic carbocycles. The van der Waals surface area contributed by atoms with Crippen LogP contribution in [-0.4, -0.2) is 32.4 Å². The van der Waals surface area contributed by atoms with Crippen LogP contribution in [0.4, 0.5) is 5.69 Å². The molecule has 1 atom stereocenters. The molecular formula is C15H19NO3S. The molecule has 5 heteroatoms. The fourth-order valence-electron chi connectivity index (χ4n) is 2.32. The first-order chi connectivity index (χ1) is 9.44. The van der Waals surface area contributed by atoms with Crippen molar-refractivity contribution in [2.45, 2.75) is 20.3 Å². The first-order valence-corrected chi connectivity index (χ1v) is 8.26. The van der Waals surface area contributed by atoms with E-state index in [1.807, 2.05) is 32.0 Å². The van der Waals surface area contributed by atoms with E-state index in [1.165, 1.54) is 4.31 Å². The van der Waals surface area contributed by atoms with Gasteiger partial charge in [0, 0.05) is 18.5 Å². The van der Waals surface area contributed by atoms with Gasteiger partial charge in [-0.05, 0) is 30.5 Å². The Kier molecular flexibility index (Phi) is 4.36. The zero-order valence-corrected chi connectivity index (χ0v) is 12.6. The Morgan fingerprint density at radius 2 is 2.20 bits per heavy atom. The number of hydrogen-bond acceptors (Lipinski definition) is 3. The van der Waals surface area contributed by atoms with Crippen LogP contribution in [0.5, 0.6) is 0 Å². The van der Waals surface area contributed by atoms with Crippen molar-refractivity contribution in [3.63, 3.8) is 0 Å². The minimum atomic E-state index is -3.21. The van der Waals surface area contributed by atoms with Crippen molar-refractivity contribution in [3.8, 4) is 11.8 Å². The number of nitrogens with zero attached hydrogens (tertiary/aromatic N) is 1. The van der Waals surface area contributed by atoms with Gasteiger partial charge < -0.3 is 5.11 Å². The minimum Gasteiger partial charge on any atom is -0.395 e. The van der Waals surface area contributed by atoms with Crippen LogP contribution in [0.3, 0.4) is 0 Å². The van der Waals surface area contributed by atoms with Crippen LogP contribution in [0.25, 0.3) is 0 Å². The van der Waals surface area contributed by atoms with E-state index >= 15 is 0 Å². The van der Waals surface area contributed by atoms with E-state index in [2.05, 4.69) is 11.8 Å². The van der Waals surface area contributed by atoms with Gasteiger partial charge >= 0.3 is 0 Å². The zero-order chi connectivity index (χ0) is 14.8. The second-order valence-corrected chi connectivity index (χ2v) is 7.13. The van der Waals surface area contributed by atoms with Gasteiger partial charge in [-0.15, -0.1) is 0 Å². The van der Waals surface area contributed by atoms with Gasteiger partial charge in [0.15, 0.2) is 0 Å². The molecule has 1 fully saturated rings. The second kappa shape index (κ2) is 5.86. The van der Waals surface area contributed by atoms with Crippen LogP contribution in [0.2, 0.25) is 0 Å². The van der Waals surface area contributed by atoms with Gasteiger partial charge in [0.2, 0.25) is 10.0 Å². The third-order valence-electron chi connectivity index (χ3n) is 3.26. The normalized spacial score (nSPS) is 20.6. The summed E-state index contributed by atoms with van der Waals surface area (Å²) in [6.45, 7) is 4.40. The van der Waals surface area contributed by atoms with Gasteiger partial charge in [-0.2, -0.15) is 0 Å². The zero-order valence-electron chi connectivity index (χ0n) is 11.8. The van der Waals surface area contributed by atoms with Crippen molar-refractivity contribution in [2.24, 2.45) is 5.92 Å². The highest BCUT2D eigenvalue weighted by Gasteiger charge is 2.34. The van der Waals surface area contributed by atoms with E-state index in [1.54, 1.807) is 0 Å². The number of aliphatic hydroxyl groups is 1. The molecule has 2 rings (SSSR count). The summed E-state index contributed by atoms with van der Waals surface area (Å²) in [7, 11) is -3.21. The molecule has 1 aliphatic heterocycles. The number of aryl methyl sites for hydroxylation is 1. The van der Waals surface area contributed by atoms with Crippen molar-refractivity contribution >= 4 is 15.7 Å². The minimum absolute atomic E-state index is 0.0315. The van der Waals surface area contributed by atoms with Gasteiger partial charge in [-0.3, -0.25) is 4.31 Å². The summed E-state index contributed by atoms with van der Waals surface area (Å²) in [5, 5.41) is 8.72. The van der Waals surface area contributed by atoms with E-state index in [4.69, 9.17) is 5.11 Å². The van der Waals surface area contributed by atoms with E-state index in [-0.39, 0.29) is 18.3 Å². The predicted octanol–water partition coefficient (Wildman–Crippen LogP) is 1.51. The first-order valence-electron chi connectivity index (χ1n) is 6.65. The van der Waals surface area contributed by atoms with Crippen molar-refractivity contribution in [2.75, 3.05) is 23.2 Å². The van der Waals surface area contributed by atoms with E-state index in [0.717, 1.165) is 11.1 Å². The number of aliphatic hydroxyl groups excluding tert-OH is 1. The highest BCUT2D eigenvalue weighted by atomic mass is 32.2. The maximum Gasteiger partial charge on any atom is 0.235 e. The molecule has 1 N–H and O–H groups in total. The highest BCUT2D eigenvalue weighted by Crippen LogP contribution is 2.30. The SMILES string of the molecule is Cc1ccc(C#CCCO)cc1N1CC(C)CS1(=O)=O. The third kappa shape index (κ3) is 3.14. The summed E-state index contributed by atoms with van der Waals surface area (Å²) in [4.78, 5) is 0. The number of hydrogen-bond donors (Lipinski definition) is 1. The third-order valence-corrected chi connectivity index (χ3v) is 5.26. The van der Waals surface area contributed by atoms with Crippen LogP contribution >= 0.6 is 0 Å². The van der Waals surface area contributed by atoms with Gasteiger partial charge in [0.1, 0.15) is 0 Å². The Bertz CT molecular complexity index is 655.